The van der Waals surface area contributed by atoms with Crippen molar-refractivity contribution in [1.29, 1.82) is 0 Å². The van der Waals surface area contributed by atoms with Crippen molar-refractivity contribution < 1.29 is 14.7 Å². The fraction of sp³-hybridized carbons (Fsp3) is 0.250. The molecule has 2 N–H and O–H groups in total. The number of H-pyrrole nitrogens is 1. The number of nitrogens with one attached hydrogen (secondary N) is 1. The van der Waals surface area contributed by atoms with Gasteiger partial charge in [0.1, 0.15) is 12.7 Å². The van der Waals surface area contributed by atoms with Crippen LogP contribution in [-0.4, -0.2) is 40.3 Å². The zero-order valence-corrected chi connectivity index (χ0v) is 9.09. The van der Waals surface area contributed by atoms with E-state index in [4.69, 9.17) is 4.84 Å². The summed E-state index contributed by atoms with van der Waals surface area (Å²) in [5.74, 6) is -0.218. The van der Waals surface area contributed by atoms with Gasteiger partial charge in [0.15, 0.2) is 0 Å². The van der Waals surface area contributed by atoms with E-state index < -0.39 is 6.10 Å². The van der Waals surface area contributed by atoms with Gasteiger partial charge < -0.3 is 10.1 Å². The maximum Gasteiger partial charge on any atom is 0.277 e. The Kier molecular flexibility index (Phi) is 2.35. The average Bonchev–Trinajstić information content (AvgIpc) is 2.95. The van der Waals surface area contributed by atoms with Crippen LogP contribution >= 0.6 is 0 Å². The Bertz CT molecular complexity index is 564. The van der Waals surface area contributed by atoms with Crippen LogP contribution in [0.25, 0.3) is 10.9 Å². The first-order valence-corrected chi connectivity index (χ1v) is 5.44. The molecule has 17 heavy (non-hydrogen) atoms. The number of aromatic amines is 1. The van der Waals surface area contributed by atoms with Crippen LogP contribution in [0.3, 0.4) is 0 Å². The second kappa shape index (κ2) is 3.87. The van der Waals surface area contributed by atoms with Crippen LogP contribution in [-0.2, 0) is 4.84 Å². The molecule has 3 rings (SSSR count). The Hall–Kier alpha value is -1.85. The molecule has 1 amide bonds. The maximum absolute atomic E-state index is 12.0. The lowest BCUT2D eigenvalue weighted by atomic mass is 10.1. The number of aliphatic hydroxyl groups excluding tert-OH is 1. The summed E-state index contributed by atoms with van der Waals surface area (Å²) in [6.07, 6.45) is 1.24. The number of nitrogens with zero attached hydrogens (tertiary/aromatic N) is 1. The van der Waals surface area contributed by atoms with Gasteiger partial charge in [-0.1, -0.05) is 0 Å². The molecule has 0 bridgehead atoms. The summed E-state index contributed by atoms with van der Waals surface area (Å²) in [7, 11) is 0. The molecule has 5 heteroatoms. The number of fused-ring (bicyclic) bond motifs is 1. The average molecular weight is 232 g/mol. The maximum atomic E-state index is 12.0. The van der Waals surface area contributed by atoms with E-state index in [-0.39, 0.29) is 19.1 Å². The van der Waals surface area contributed by atoms with Gasteiger partial charge in [-0.25, -0.2) is 5.06 Å². The molecule has 1 aliphatic heterocycles. The molecule has 88 valence electrons. The summed E-state index contributed by atoms with van der Waals surface area (Å²) in [6.45, 7) is 0.405. The van der Waals surface area contributed by atoms with E-state index in [0.29, 0.717) is 5.56 Å². The third-order valence-corrected chi connectivity index (χ3v) is 2.83. The van der Waals surface area contributed by atoms with E-state index in [2.05, 4.69) is 4.98 Å². The van der Waals surface area contributed by atoms with Crippen LogP contribution < -0.4 is 0 Å². The third kappa shape index (κ3) is 1.79. The zero-order valence-electron chi connectivity index (χ0n) is 9.09. The van der Waals surface area contributed by atoms with Gasteiger partial charge >= 0.3 is 0 Å². The Morgan fingerprint density at radius 1 is 1.47 bits per heavy atom. The number of carbonyl (C=O) groups excluding carboxylic acids is 1. The monoisotopic (exact) mass is 232 g/mol. The summed E-state index contributed by atoms with van der Waals surface area (Å²) in [4.78, 5) is 20.2. The molecule has 2 heterocycles. The fourth-order valence-corrected chi connectivity index (χ4v) is 1.94. The molecular weight excluding hydrogens is 220 g/mol. The van der Waals surface area contributed by atoms with Gasteiger partial charge in [-0.05, 0) is 24.3 Å². The normalized spacial score (nSPS) is 20.1. The first-order chi connectivity index (χ1) is 8.24. The summed E-state index contributed by atoms with van der Waals surface area (Å²) in [5, 5.41) is 11.5. The summed E-state index contributed by atoms with van der Waals surface area (Å²) in [6, 6.07) is 7.32. The molecular formula is C12H12N2O3. The van der Waals surface area contributed by atoms with E-state index in [1.807, 2.05) is 24.4 Å². The van der Waals surface area contributed by atoms with Crippen LogP contribution in [0.5, 0.6) is 0 Å². The third-order valence-electron chi connectivity index (χ3n) is 2.83. The number of benzene rings is 1. The minimum Gasteiger partial charge on any atom is -0.389 e. The van der Waals surface area contributed by atoms with E-state index >= 15 is 0 Å². The standard InChI is InChI=1S/C12H12N2O3/c15-10-6-14(17-7-10)12(16)9-1-2-11-8(5-9)3-4-13-11/h1-5,10,13,15H,6-7H2. The summed E-state index contributed by atoms with van der Waals surface area (Å²) in [5.41, 5.74) is 1.55. The molecule has 0 spiro atoms. The molecule has 1 aliphatic rings. The minimum absolute atomic E-state index is 0.179. The van der Waals surface area contributed by atoms with Gasteiger partial charge in [0.05, 0.1) is 6.54 Å². The van der Waals surface area contributed by atoms with Gasteiger partial charge in [0.2, 0.25) is 0 Å². The molecule has 0 radical (unpaired) electrons. The largest absolute Gasteiger partial charge is 0.389 e. The Morgan fingerprint density at radius 3 is 3.12 bits per heavy atom. The molecule has 2 aromatic rings. The Balaban J connectivity index is 1.89. The second-order valence-electron chi connectivity index (χ2n) is 4.10. The van der Waals surface area contributed by atoms with Gasteiger partial charge in [-0.2, -0.15) is 0 Å². The van der Waals surface area contributed by atoms with Crippen LogP contribution in [0.2, 0.25) is 0 Å². The molecule has 0 saturated carbocycles. The van der Waals surface area contributed by atoms with Crippen LogP contribution in [0.1, 0.15) is 10.4 Å². The van der Waals surface area contributed by atoms with Crippen molar-refractivity contribution in [3.05, 3.63) is 36.0 Å². The van der Waals surface area contributed by atoms with Crippen molar-refractivity contribution in [2.75, 3.05) is 13.2 Å². The van der Waals surface area contributed by atoms with Gasteiger partial charge in [0, 0.05) is 22.7 Å². The quantitative estimate of drug-likeness (QED) is 0.768. The molecule has 1 aromatic heterocycles. The SMILES string of the molecule is O=C(c1ccc2[nH]ccc2c1)N1CC(O)CO1. The smallest absolute Gasteiger partial charge is 0.277 e. The first-order valence-electron chi connectivity index (χ1n) is 5.44. The lowest BCUT2D eigenvalue weighted by Gasteiger charge is -2.13. The molecule has 1 saturated heterocycles. The van der Waals surface area contributed by atoms with Gasteiger partial charge in [-0.3, -0.25) is 9.63 Å². The van der Waals surface area contributed by atoms with Gasteiger partial charge in [0.25, 0.3) is 5.91 Å². The lowest BCUT2D eigenvalue weighted by molar-refractivity contribution is -0.0779. The number of rotatable bonds is 1. The molecule has 1 unspecified atom stereocenters. The molecule has 1 aromatic carbocycles. The molecule has 0 aliphatic carbocycles. The lowest BCUT2D eigenvalue weighted by Crippen LogP contribution is -2.28. The second-order valence-corrected chi connectivity index (χ2v) is 4.10. The van der Waals surface area contributed by atoms with Crippen LogP contribution in [0.15, 0.2) is 30.5 Å². The molecule has 5 nitrogen and oxygen atoms in total. The number of carbonyl (C=O) groups is 1. The van der Waals surface area contributed by atoms with E-state index in [1.165, 1.54) is 5.06 Å². The highest BCUT2D eigenvalue weighted by Gasteiger charge is 2.26. The van der Waals surface area contributed by atoms with Crippen molar-refractivity contribution in [3.8, 4) is 0 Å². The number of aliphatic hydroxyl groups is 1. The Morgan fingerprint density at radius 2 is 2.35 bits per heavy atom. The van der Waals surface area contributed by atoms with E-state index in [0.717, 1.165) is 10.9 Å². The molecule has 1 fully saturated rings. The van der Waals surface area contributed by atoms with Crippen LogP contribution in [0, 0.1) is 0 Å². The summed E-state index contributed by atoms with van der Waals surface area (Å²) < 4.78 is 0. The van der Waals surface area contributed by atoms with Crippen molar-refractivity contribution in [3.63, 3.8) is 0 Å². The van der Waals surface area contributed by atoms with Crippen LogP contribution in [0.4, 0.5) is 0 Å². The van der Waals surface area contributed by atoms with Crippen molar-refractivity contribution >= 4 is 16.8 Å². The number of aromatic nitrogens is 1. The van der Waals surface area contributed by atoms with Crippen molar-refractivity contribution in [2.45, 2.75) is 6.10 Å². The highest BCUT2D eigenvalue weighted by molar-refractivity contribution is 5.97. The van der Waals surface area contributed by atoms with E-state index in [1.54, 1.807) is 6.07 Å². The predicted octanol–water partition coefficient (Wildman–Crippen LogP) is 0.916. The number of hydrogen-bond acceptors (Lipinski definition) is 3. The van der Waals surface area contributed by atoms with Crippen molar-refractivity contribution in [1.82, 2.24) is 10.0 Å². The molecule has 1 atom stereocenters. The number of amides is 1. The topological polar surface area (TPSA) is 65.6 Å². The first kappa shape index (κ1) is 10.3. The van der Waals surface area contributed by atoms with Gasteiger partial charge in [-0.15, -0.1) is 0 Å². The highest BCUT2D eigenvalue weighted by atomic mass is 16.7. The van der Waals surface area contributed by atoms with E-state index in [9.17, 15) is 9.90 Å². The highest BCUT2D eigenvalue weighted by Crippen LogP contribution is 2.17. The fourth-order valence-electron chi connectivity index (χ4n) is 1.94. The number of hydroxylamine groups is 2. The Labute approximate surface area is 97.6 Å². The number of hydrogen-bond donors (Lipinski definition) is 2. The summed E-state index contributed by atoms with van der Waals surface area (Å²) >= 11 is 0. The predicted molar refractivity (Wildman–Crippen MR) is 61.3 cm³/mol. The minimum atomic E-state index is -0.588. The zero-order chi connectivity index (χ0) is 11.8. The van der Waals surface area contributed by atoms with Crippen molar-refractivity contribution in [2.24, 2.45) is 0 Å². The number of β-amino-alcohol motifs (C(OH)–C–C–N with tert-alkyl or cyclic N) is 1.